The minimum atomic E-state index is -4.38. The van der Waals surface area contributed by atoms with E-state index in [1.807, 2.05) is 32.9 Å². The van der Waals surface area contributed by atoms with Crippen LogP contribution >= 0.6 is 0 Å². The normalized spacial score (nSPS) is 12.1. The number of halogens is 3. The molecule has 1 N–H and O–H groups in total. The SMILES string of the molecule is CC(C)(C)Nc1ccc(Oc2cccc(C(F)(F)F)c2)cc1. The van der Waals surface area contributed by atoms with Gasteiger partial charge in [-0.05, 0) is 63.2 Å². The lowest BCUT2D eigenvalue weighted by Gasteiger charge is -2.22. The van der Waals surface area contributed by atoms with E-state index in [1.54, 1.807) is 12.1 Å². The summed E-state index contributed by atoms with van der Waals surface area (Å²) in [4.78, 5) is 0. The van der Waals surface area contributed by atoms with Gasteiger partial charge >= 0.3 is 6.18 Å². The topological polar surface area (TPSA) is 21.3 Å². The molecule has 0 saturated carbocycles. The van der Waals surface area contributed by atoms with Crippen molar-refractivity contribution in [1.82, 2.24) is 0 Å². The summed E-state index contributed by atoms with van der Waals surface area (Å²) in [6, 6.07) is 11.9. The molecule has 0 saturated heterocycles. The van der Waals surface area contributed by atoms with Crippen molar-refractivity contribution in [2.45, 2.75) is 32.5 Å². The first-order valence-corrected chi connectivity index (χ1v) is 6.87. The van der Waals surface area contributed by atoms with E-state index < -0.39 is 11.7 Å². The van der Waals surface area contributed by atoms with Gasteiger partial charge in [-0.3, -0.25) is 0 Å². The number of hydrogen-bond donors (Lipinski definition) is 1. The lowest BCUT2D eigenvalue weighted by molar-refractivity contribution is -0.137. The van der Waals surface area contributed by atoms with Crippen LogP contribution in [0.15, 0.2) is 48.5 Å². The quantitative estimate of drug-likeness (QED) is 0.784. The fourth-order valence-electron chi connectivity index (χ4n) is 1.91. The summed E-state index contributed by atoms with van der Waals surface area (Å²) in [5.41, 5.74) is 0.128. The van der Waals surface area contributed by atoms with Gasteiger partial charge in [0.1, 0.15) is 11.5 Å². The first-order valence-electron chi connectivity index (χ1n) is 6.87. The number of hydrogen-bond acceptors (Lipinski definition) is 2. The third kappa shape index (κ3) is 4.69. The maximum absolute atomic E-state index is 12.7. The summed E-state index contributed by atoms with van der Waals surface area (Å²) in [7, 11) is 0. The summed E-state index contributed by atoms with van der Waals surface area (Å²) in [6.07, 6.45) is -4.38. The standard InChI is InChI=1S/C17H18F3NO/c1-16(2,3)21-13-7-9-14(10-8-13)22-15-6-4-5-12(11-15)17(18,19)20/h4-11,21H,1-3H3. The molecule has 0 aromatic heterocycles. The number of alkyl halides is 3. The molecule has 2 aromatic rings. The average Bonchev–Trinajstić information content (AvgIpc) is 2.39. The van der Waals surface area contributed by atoms with Gasteiger partial charge in [-0.2, -0.15) is 13.2 Å². The van der Waals surface area contributed by atoms with Crippen LogP contribution < -0.4 is 10.1 Å². The molecule has 0 aliphatic carbocycles. The Morgan fingerprint density at radius 1 is 0.864 bits per heavy atom. The van der Waals surface area contributed by atoms with E-state index in [0.29, 0.717) is 5.75 Å². The van der Waals surface area contributed by atoms with Gasteiger partial charge in [-0.25, -0.2) is 0 Å². The highest BCUT2D eigenvalue weighted by Crippen LogP contribution is 2.32. The van der Waals surface area contributed by atoms with Crippen molar-refractivity contribution in [3.8, 4) is 11.5 Å². The van der Waals surface area contributed by atoms with Gasteiger partial charge in [0.05, 0.1) is 5.56 Å². The van der Waals surface area contributed by atoms with Gasteiger partial charge < -0.3 is 10.1 Å². The number of anilines is 1. The molecule has 22 heavy (non-hydrogen) atoms. The smallest absolute Gasteiger partial charge is 0.416 e. The number of benzene rings is 2. The van der Waals surface area contributed by atoms with Crippen molar-refractivity contribution in [3.05, 3.63) is 54.1 Å². The lowest BCUT2D eigenvalue weighted by Crippen LogP contribution is -2.25. The maximum Gasteiger partial charge on any atom is 0.416 e. The molecule has 0 unspecified atom stereocenters. The molecule has 2 nitrogen and oxygen atoms in total. The zero-order chi connectivity index (χ0) is 16.4. The van der Waals surface area contributed by atoms with Crippen LogP contribution in [0.5, 0.6) is 11.5 Å². The van der Waals surface area contributed by atoms with Crippen molar-refractivity contribution >= 4 is 5.69 Å². The summed E-state index contributed by atoms with van der Waals surface area (Å²) in [5, 5.41) is 3.30. The van der Waals surface area contributed by atoms with Crippen LogP contribution in [-0.4, -0.2) is 5.54 Å². The van der Waals surface area contributed by atoms with Crippen LogP contribution in [0.4, 0.5) is 18.9 Å². The Bertz CT molecular complexity index is 628. The summed E-state index contributed by atoms with van der Waals surface area (Å²) in [6.45, 7) is 6.13. The van der Waals surface area contributed by atoms with Gasteiger partial charge in [0, 0.05) is 11.2 Å². The van der Waals surface area contributed by atoms with Crippen LogP contribution in [0, 0.1) is 0 Å². The molecule has 0 aliphatic rings. The summed E-state index contributed by atoms with van der Waals surface area (Å²) < 4.78 is 43.4. The largest absolute Gasteiger partial charge is 0.457 e. The third-order valence-corrected chi connectivity index (χ3v) is 2.77. The Kier molecular flexibility index (Phi) is 4.35. The fourth-order valence-corrected chi connectivity index (χ4v) is 1.91. The van der Waals surface area contributed by atoms with Gasteiger partial charge in [-0.15, -0.1) is 0 Å². The second kappa shape index (κ2) is 5.91. The predicted octanol–water partition coefficient (Wildman–Crippen LogP) is 5.71. The lowest BCUT2D eigenvalue weighted by atomic mass is 10.1. The Morgan fingerprint density at radius 2 is 1.50 bits per heavy atom. The first kappa shape index (κ1) is 16.2. The molecule has 0 fully saturated rings. The molecule has 0 atom stereocenters. The zero-order valence-corrected chi connectivity index (χ0v) is 12.7. The maximum atomic E-state index is 12.7. The Morgan fingerprint density at radius 3 is 2.05 bits per heavy atom. The van der Waals surface area contributed by atoms with Crippen LogP contribution in [0.2, 0.25) is 0 Å². The molecular formula is C17H18F3NO. The predicted molar refractivity (Wildman–Crippen MR) is 81.3 cm³/mol. The van der Waals surface area contributed by atoms with Crippen LogP contribution in [0.1, 0.15) is 26.3 Å². The molecule has 2 rings (SSSR count). The second-order valence-corrected chi connectivity index (χ2v) is 6.03. The monoisotopic (exact) mass is 309 g/mol. The van der Waals surface area contributed by atoms with Crippen molar-refractivity contribution in [1.29, 1.82) is 0 Å². The second-order valence-electron chi connectivity index (χ2n) is 6.03. The fraction of sp³-hybridized carbons (Fsp3) is 0.294. The minimum Gasteiger partial charge on any atom is -0.457 e. The van der Waals surface area contributed by atoms with Gasteiger partial charge in [0.25, 0.3) is 0 Å². The number of nitrogens with one attached hydrogen (secondary N) is 1. The highest BCUT2D eigenvalue weighted by atomic mass is 19.4. The molecule has 0 radical (unpaired) electrons. The van der Waals surface area contributed by atoms with Crippen LogP contribution in [0.3, 0.4) is 0 Å². The third-order valence-electron chi connectivity index (χ3n) is 2.77. The average molecular weight is 309 g/mol. The minimum absolute atomic E-state index is 0.0661. The van der Waals surface area contributed by atoms with Gasteiger partial charge in [-0.1, -0.05) is 6.07 Å². The number of rotatable bonds is 3. The zero-order valence-electron chi connectivity index (χ0n) is 12.7. The molecule has 0 bridgehead atoms. The molecule has 5 heteroatoms. The van der Waals surface area contributed by atoms with Crippen molar-refractivity contribution in [2.24, 2.45) is 0 Å². The molecule has 0 aliphatic heterocycles. The first-order chi connectivity index (χ1) is 10.1. The Hall–Kier alpha value is -2.17. The van der Waals surface area contributed by atoms with E-state index in [0.717, 1.165) is 17.8 Å². The molecular weight excluding hydrogens is 291 g/mol. The van der Waals surface area contributed by atoms with E-state index in [9.17, 15) is 13.2 Å². The van der Waals surface area contributed by atoms with Crippen molar-refractivity contribution < 1.29 is 17.9 Å². The van der Waals surface area contributed by atoms with Gasteiger partial charge in [0.15, 0.2) is 0 Å². The summed E-state index contributed by atoms with van der Waals surface area (Å²) in [5.74, 6) is 0.644. The van der Waals surface area contributed by atoms with E-state index in [1.165, 1.54) is 12.1 Å². The van der Waals surface area contributed by atoms with Crippen LogP contribution in [0.25, 0.3) is 0 Å². The van der Waals surface area contributed by atoms with Crippen molar-refractivity contribution in [3.63, 3.8) is 0 Å². The van der Waals surface area contributed by atoms with Crippen molar-refractivity contribution in [2.75, 3.05) is 5.32 Å². The highest BCUT2D eigenvalue weighted by Gasteiger charge is 2.30. The molecule has 0 amide bonds. The van der Waals surface area contributed by atoms with Gasteiger partial charge in [0.2, 0.25) is 0 Å². The summed E-state index contributed by atoms with van der Waals surface area (Å²) >= 11 is 0. The van der Waals surface area contributed by atoms with E-state index in [-0.39, 0.29) is 11.3 Å². The molecule has 118 valence electrons. The molecule has 0 heterocycles. The Balaban J connectivity index is 2.11. The molecule has 2 aromatic carbocycles. The van der Waals surface area contributed by atoms with E-state index in [2.05, 4.69) is 5.32 Å². The van der Waals surface area contributed by atoms with E-state index >= 15 is 0 Å². The molecule has 0 spiro atoms. The Labute approximate surface area is 127 Å². The highest BCUT2D eigenvalue weighted by molar-refractivity contribution is 5.48. The van der Waals surface area contributed by atoms with E-state index in [4.69, 9.17) is 4.74 Å². The number of ether oxygens (including phenoxy) is 1. The van der Waals surface area contributed by atoms with Crippen LogP contribution in [-0.2, 0) is 6.18 Å².